The summed E-state index contributed by atoms with van der Waals surface area (Å²) in [6, 6.07) is 0. The van der Waals surface area contributed by atoms with E-state index in [1.165, 1.54) is 0 Å². The Morgan fingerprint density at radius 2 is 0.923 bits per heavy atom. The summed E-state index contributed by atoms with van der Waals surface area (Å²) < 4.78 is 21.5. The molecule has 0 bridgehead atoms. The Kier molecular flexibility index (Phi) is 8.38. The van der Waals surface area contributed by atoms with Gasteiger partial charge in [-0.2, -0.15) is 0 Å². The van der Waals surface area contributed by atoms with Crippen LogP contribution in [0.1, 0.15) is 20.8 Å². The van der Waals surface area contributed by atoms with E-state index in [4.69, 9.17) is 0 Å². The molecule has 0 fully saturated rings. The molecule has 0 unspecified atom stereocenters. The van der Waals surface area contributed by atoms with Crippen molar-refractivity contribution in [3.8, 4) is 0 Å². The van der Waals surface area contributed by atoms with Crippen molar-refractivity contribution in [3.63, 3.8) is 0 Å². The lowest BCUT2D eigenvalue weighted by Crippen LogP contribution is -1.90. The molecule has 0 radical (unpaired) electrons. The lowest BCUT2D eigenvalue weighted by molar-refractivity contribution is 0.576. The summed E-state index contributed by atoms with van der Waals surface area (Å²) in [7, 11) is -3.30. The average molecular weight is 226 g/mol. The van der Waals surface area contributed by atoms with E-state index in [1.54, 1.807) is 20.0 Å². The molecule has 0 aromatic rings. The molecule has 0 spiro atoms. The molecule has 0 aromatic carbocycles. The minimum Gasteiger partial charge on any atom is -0.324 e. The van der Waals surface area contributed by atoms with Crippen LogP contribution in [-0.2, 0) is 9.13 Å². The van der Waals surface area contributed by atoms with Crippen molar-refractivity contribution in [2.45, 2.75) is 20.8 Å². The SMILES string of the molecule is CCP(=O)(CC)CC.CP(C)(C)=O. The van der Waals surface area contributed by atoms with Crippen LogP contribution in [0.2, 0.25) is 0 Å². The van der Waals surface area contributed by atoms with Gasteiger partial charge in [-0.15, -0.1) is 0 Å². The third kappa shape index (κ3) is 15.2. The van der Waals surface area contributed by atoms with Gasteiger partial charge in [-0.25, -0.2) is 0 Å². The fourth-order valence-electron chi connectivity index (χ4n) is 0.671. The zero-order valence-electron chi connectivity index (χ0n) is 9.83. The molecule has 82 valence electrons. The van der Waals surface area contributed by atoms with Crippen LogP contribution in [0.15, 0.2) is 0 Å². The molecule has 0 saturated heterocycles. The van der Waals surface area contributed by atoms with Gasteiger partial charge in [0.1, 0.15) is 0 Å². The molecule has 0 N–H and O–H groups in total. The zero-order valence-corrected chi connectivity index (χ0v) is 11.6. The Hall–Kier alpha value is 0.460. The summed E-state index contributed by atoms with van der Waals surface area (Å²) in [5, 5.41) is 0. The van der Waals surface area contributed by atoms with Crippen molar-refractivity contribution >= 4 is 14.3 Å². The van der Waals surface area contributed by atoms with Gasteiger partial charge < -0.3 is 9.13 Å². The smallest absolute Gasteiger partial charge is 0.0869 e. The largest absolute Gasteiger partial charge is 0.324 e. The second kappa shape index (κ2) is 6.85. The van der Waals surface area contributed by atoms with Crippen LogP contribution in [0.3, 0.4) is 0 Å². The molecule has 0 rings (SSSR count). The summed E-state index contributed by atoms with van der Waals surface area (Å²) in [5.41, 5.74) is 0. The Labute approximate surface area is 83.2 Å². The van der Waals surface area contributed by atoms with Crippen LogP contribution in [0.25, 0.3) is 0 Å². The molecule has 0 aromatic heterocycles. The third-order valence-corrected chi connectivity index (χ3v) is 5.19. The van der Waals surface area contributed by atoms with Gasteiger partial charge in [0.2, 0.25) is 0 Å². The summed E-state index contributed by atoms with van der Waals surface area (Å²) in [5.74, 6) is 0. The van der Waals surface area contributed by atoms with Crippen molar-refractivity contribution in [1.29, 1.82) is 0 Å². The predicted octanol–water partition coefficient (Wildman–Crippen LogP) is 3.65. The fourth-order valence-corrected chi connectivity index (χ4v) is 2.01. The molecule has 2 nitrogen and oxygen atoms in total. The fraction of sp³-hybridized carbons (Fsp3) is 1.00. The highest BCUT2D eigenvalue weighted by Crippen LogP contribution is 2.43. The van der Waals surface area contributed by atoms with Gasteiger partial charge in [0.05, 0.1) is 14.3 Å². The van der Waals surface area contributed by atoms with Crippen LogP contribution >= 0.6 is 14.3 Å². The molecule has 0 aliphatic carbocycles. The van der Waals surface area contributed by atoms with Crippen molar-refractivity contribution in [2.24, 2.45) is 0 Å². The first-order valence-electron chi connectivity index (χ1n) is 4.78. The van der Waals surface area contributed by atoms with E-state index in [-0.39, 0.29) is 0 Å². The maximum Gasteiger partial charge on any atom is 0.0869 e. The van der Waals surface area contributed by atoms with Crippen LogP contribution in [0.4, 0.5) is 0 Å². The van der Waals surface area contributed by atoms with Crippen LogP contribution in [0, 0.1) is 0 Å². The van der Waals surface area contributed by atoms with E-state index < -0.39 is 14.3 Å². The summed E-state index contributed by atoms with van der Waals surface area (Å²) >= 11 is 0. The summed E-state index contributed by atoms with van der Waals surface area (Å²) in [6.45, 7) is 11.3. The van der Waals surface area contributed by atoms with Crippen molar-refractivity contribution in [2.75, 3.05) is 38.5 Å². The molecule has 0 amide bonds. The molecule has 0 aliphatic heterocycles. The quantitative estimate of drug-likeness (QED) is 0.688. The highest BCUT2D eigenvalue weighted by molar-refractivity contribution is 7.63. The van der Waals surface area contributed by atoms with Crippen molar-refractivity contribution < 1.29 is 9.13 Å². The van der Waals surface area contributed by atoms with Crippen LogP contribution < -0.4 is 0 Å². The molecule has 13 heavy (non-hydrogen) atoms. The maximum absolute atomic E-state index is 11.3. The molecule has 0 aliphatic rings. The standard InChI is InChI=1S/C6H15OP.C3H9OP/c1-4-8(7,5-2)6-3;1-5(2,3)4/h4-6H2,1-3H3;1-3H3. The number of rotatable bonds is 3. The lowest BCUT2D eigenvalue weighted by Gasteiger charge is -2.08. The van der Waals surface area contributed by atoms with Gasteiger partial charge in [0.25, 0.3) is 0 Å². The summed E-state index contributed by atoms with van der Waals surface area (Å²) in [4.78, 5) is 0. The van der Waals surface area contributed by atoms with Crippen LogP contribution in [-0.4, -0.2) is 38.5 Å². The van der Waals surface area contributed by atoms with E-state index in [0.29, 0.717) is 0 Å². The molecule has 0 saturated carbocycles. The maximum atomic E-state index is 11.3. The van der Waals surface area contributed by atoms with Crippen molar-refractivity contribution in [1.82, 2.24) is 0 Å². The number of hydrogen-bond donors (Lipinski definition) is 0. The van der Waals surface area contributed by atoms with E-state index in [9.17, 15) is 9.13 Å². The van der Waals surface area contributed by atoms with Gasteiger partial charge in [-0.1, -0.05) is 20.8 Å². The van der Waals surface area contributed by atoms with Gasteiger partial charge >= 0.3 is 0 Å². The minimum atomic E-state index is -1.66. The lowest BCUT2D eigenvalue weighted by atomic mass is 10.9. The topological polar surface area (TPSA) is 34.1 Å². The third-order valence-electron chi connectivity index (χ3n) is 1.73. The molecular formula is C9H24O2P2. The van der Waals surface area contributed by atoms with E-state index >= 15 is 0 Å². The number of hydrogen-bond acceptors (Lipinski definition) is 2. The van der Waals surface area contributed by atoms with Gasteiger partial charge in [0, 0.05) is 0 Å². The Morgan fingerprint density at radius 1 is 0.769 bits per heavy atom. The Balaban J connectivity index is 0. The first-order chi connectivity index (χ1) is 5.68. The molecule has 0 heterocycles. The van der Waals surface area contributed by atoms with Gasteiger partial charge in [-0.3, -0.25) is 0 Å². The first kappa shape index (κ1) is 15.9. The van der Waals surface area contributed by atoms with Crippen molar-refractivity contribution in [3.05, 3.63) is 0 Å². The first-order valence-corrected chi connectivity index (χ1v) is 10.1. The van der Waals surface area contributed by atoms with E-state index in [0.717, 1.165) is 18.5 Å². The Morgan fingerprint density at radius 3 is 0.923 bits per heavy atom. The second-order valence-corrected chi connectivity index (χ2v) is 11.7. The highest BCUT2D eigenvalue weighted by Gasteiger charge is 2.11. The van der Waals surface area contributed by atoms with Crippen LogP contribution in [0.5, 0.6) is 0 Å². The molecule has 4 heteroatoms. The molecular weight excluding hydrogens is 202 g/mol. The average Bonchev–Trinajstić information content (AvgIpc) is 2.00. The molecule has 0 atom stereocenters. The van der Waals surface area contributed by atoms with Gasteiger partial charge in [0.15, 0.2) is 0 Å². The minimum absolute atomic E-state index is 0.875. The zero-order chi connectivity index (χ0) is 11.1. The second-order valence-electron chi connectivity index (χ2n) is 3.90. The predicted molar refractivity (Wildman–Crippen MR) is 64.6 cm³/mol. The Bertz CT molecular complexity index is 178. The highest BCUT2D eigenvalue weighted by atomic mass is 31.2. The summed E-state index contributed by atoms with van der Waals surface area (Å²) in [6.07, 6.45) is 2.62. The monoisotopic (exact) mass is 226 g/mol. The van der Waals surface area contributed by atoms with E-state index in [1.807, 2.05) is 20.8 Å². The normalized spacial score (nSPS) is 11.8. The van der Waals surface area contributed by atoms with Gasteiger partial charge in [-0.05, 0) is 38.5 Å². The van der Waals surface area contributed by atoms with E-state index in [2.05, 4.69) is 0 Å².